The number of aliphatic carboxylic acids is 1. The molecule has 7 nitrogen and oxygen atoms in total. The molecule has 1 fully saturated rings. The molecule has 1 saturated heterocycles. The molecule has 0 aromatic carbocycles. The van der Waals surface area contributed by atoms with E-state index in [1.807, 2.05) is 10.6 Å². The van der Waals surface area contributed by atoms with Gasteiger partial charge in [-0.15, -0.1) is 0 Å². The highest BCUT2D eigenvalue weighted by Gasteiger charge is 2.37. The van der Waals surface area contributed by atoms with Crippen molar-refractivity contribution in [3.63, 3.8) is 0 Å². The highest BCUT2D eigenvalue weighted by Crippen LogP contribution is 2.34. The number of urea groups is 1. The number of pyridine rings is 1. The van der Waals surface area contributed by atoms with Crippen molar-refractivity contribution in [1.82, 2.24) is 14.8 Å². The molecule has 7 heteroatoms. The van der Waals surface area contributed by atoms with Crippen LogP contribution >= 0.6 is 0 Å². The van der Waals surface area contributed by atoms with Gasteiger partial charge in [-0.1, -0.05) is 19.9 Å². The van der Waals surface area contributed by atoms with Crippen LogP contribution in [0.5, 0.6) is 0 Å². The van der Waals surface area contributed by atoms with Crippen LogP contribution in [0.4, 0.5) is 4.79 Å². The molecule has 130 valence electrons. The number of nitrogens with zero attached hydrogens (tertiary/aromatic N) is 2. The Morgan fingerprint density at radius 2 is 2.00 bits per heavy atom. The van der Waals surface area contributed by atoms with E-state index in [1.165, 1.54) is 0 Å². The van der Waals surface area contributed by atoms with Crippen molar-refractivity contribution in [1.29, 1.82) is 0 Å². The Morgan fingerprint density at radius 3 is 2.67 bits per heavy atom. The van der Waals surface area contributed by atoms with Crippen molar-refractivity contribution in [3.8, 4) is 0 Å². The van der Waals surface area contributed by atoms with E-state index in [-0.39, 0.29) is 29.3 Å². The predicted molar refractivity (Wildman–Crippen MR) is 87.9 cm³/mol. The van der Waals surface area contributed by atoms with Crippen LogP contribution in [0.3, 0.4) is 0 Å². The predicted octanol–water partition coefficient (Wildman–Crippen LogP) is 1.09. The molecule has 2 aliphatic heterocycles. The third-order valence-electron chi connectivity index (χ3n) is 4.98. The molecular formula is C17H23N3O4. The lowest BCUT2D eigenvalue weighted by molar-refractivity contribution is -0.140. The summed E-state index contributed by atoms with van der Waals surface area (Å²) in [5.74, 6) is -0.855. The van der Waals surface area contributed by atoms with Gasteiger partial charge >= 0.3 is 12.0 Å². The Kier molecular flexibility index (Phi) is 4.34. The zero-order valence-corrected chi connectivity index (χ0v) is 13.9. The number of carbonyl (C=O) groups is 2. The molecule has 2 aliphatic rings. The maximum absolute atomic E-state index is 12.5. The van der Waals surface area contributed by atoms with Crippen LogP contribution in [0.1, 0.15) is 31.9 Å². The number of carboxylic acid groups (broad SMARTS) is 1. The fourth-order valence-corrected chi connectivity index (χ4v) is 3.80. The smallest absolute Gasteiger partial charge is 0.326 e. The standard InChI is InChI=1S/C17H23N3O4/c1-10(2)15(16(22)23)18-17(24)19-7-11-6-12(9-19)13-4-3-5-14(21)20(13)8-11/h3-5,10-12,15H,6-9H2,1-2H3,(H,18,24)(H,22,23)/t11-,12-,15-/m0/s1. The Hall–Kier alpha value is -2.31. The molecule has 3 rings (SSSR count). The van der Waals surface area contributed by atoms with Crippen LogP contribution in [0, 0.1) is 11.8 Å². The summed E-state index contributed by atoms with van der Waals surface area (Å²) >= 11 is 0. The van der Waals surface area contributed by atoms with Crippen molar-refractivity contribution < 1.29 is 14.7 Å². The van der Waals surface area contributed by atoms with Crippen LogP contribution in [0.2, 0.25) is 0 Å². The van der Waals surface area contributed by atoms with Gasteiger partial charge in [0.15, 0.2) is 0 Å². The first kappa shape index (κ1) is 16.5. The van der Waals surface area contributed by atoms with Gasteiger partial charge in [-0.3, -0.25) is 4.79 Å². The second-order valence-corrected chi connectivity index (χ2v) is 7.11. The van der Waals surface area contributed by atoms with Crippen molar-refractivity contribution in [2.24, 2.45) is 11.8 Å². The topological polar surface area (TPSA) is 91.6 Å². The normalized spacial score (nSPS) is 23.5. The number of nitrogens with one attached hydrogen (secondary N) is 1. The average molecular weight is 333 g/mol. The van der Waals surface area contributed by atoms with Crippen LogP contribution in [0.25, 0.3) is 0 Å². The summed E-state index contributed by atoms with van der Waals surface area (Å²) < 4.78 is 1.81. The molecule has 0 radical (unpaired) electrons. The average Bonchev–Trinajstić information content (AvgIpc) is 2.52. The summed E-state index contributed by atoms with van der Waals surface area (Å²) in [7, 11) is 0. The Balaban J connectivity index is 1.76. The van der Waals surface area contributed by atoms with E-state index >= 15 is 0 Å². The van der Waals surface area contributed by atoms with Crippen LogP contribution in [-0.2, 0) is 11.3 Å². The van der Waals surface area contributed by atoms with Crippen LogP contribution in [0.15, 0.2) is 23.0 Å². The summed E-state index contributed by atoms with van der Waals surface area (Å²) in [4.78, 5) is 37.5. The van der Waals surface area contributed by atoms with E-state index in [0.29, 0.717) is 19.6 Å². The van der Waals surface area contributed by atoms with Crippen molar-refractivity contribution >= 4 is 12.0 Å². The first-order valence-electron chi connectivity index (χ1n) is 8.34. The number of piperidine rings is 1. The van der Waals surface area contributed by atoms with Gasteiger partial charge < -0.3 is 19.9 Å². The first-order valence-corrected chi connectivity index (χ1v) is 8.34. The maximum atomic E-state index is 12.5. The van der Waals surface area contributed by atoms with Gasteiger partial charge in [-0.25, -0.2) is 9.59 Å². The van der Waals surface area contributed by atoms with Crippen LogP contribution < -0.4 is 10.9 Å². The molecule has 2 amide bonds. The van der Waals surface area contributed by atoms with Gasteiger partial charge in [0.1, 0.15) is 6.04 Å². The largest absolute Gasteiger partial charge is 0.480 e. The highest BCUT2D eigenvalue weighted by molar-refractivity contribution is 5.82. The van der Waals surface area contributed by atoms with Crippen molar-refractivity contribution in [2.75, 3.05) is 13.1 Å². The number of aromatic nitrogens is 1. The molecule has 3 heterocycles. The Labute approximate surface area is 140 Å². The minimum Gasteiger partial charge on any atom is -0.480 e. The lowest BCUT2D eigenvalue weighted by atomic mass is 9.83. The SMILES string of the molecule is CC(C)[C@H](NC(=O)N1C[C@@H]2C[C@@H](C1)c1cccc(=O)n1C2)C(=O)O. The summed E-state index contributed by atoms with van der Waals surface area (Å²) in [6.07, 6.45) is 0.958. The molecular weight excluding hydrogens is 310 g/mol. The number of rotatable bonds is 3. The number of hydrogen-bond acceptors (Lipinski definition) is 3. The molecule has 3 atom stereocenters. The number of carbonyl (C=O) groups excluding carboxylic acids is 1. The molecule has 0 saturated carbocycles. The minimum atomic E-state index is -1.02. The van der Waals surface area contributed by atoms with Crippen molar-refractivity contribution in [2.45, 2.75) is 38.8 Å². The van der Waals surface area contributed by atoms with E-state index in [4.69, 9.17) is 0 Å². The molecule has 0 unspecified atom stereocenters. The van der Waals surface area contributed by atoms with E-state index < -0.39 is 12.0 Å². The zero-order valence-electron chi connectivity index (χ0n) is 13.9. The van der Waals surface area contributed by atoms with Gasteiger partial charge in [0.25, 0.3) is 5.56 Å². The first-order chi connectivity index (χ1) is 11.4. The second kappa shape index (κ2) is 6.30. The third-order valence-corrected chi connectivity index (χ3v) is 4.98. The molecule has 1 aromatic rings. The fraction of sp³-hybridized carbons (Fsp3) is 0.588. The summed E-state index contributed by atoms with van der Waals surface area (Å²) in [5, 5.41) is 11.9. The number of carboxylic acids is 1. The zero-order chi connectivity index (χ0) is 17.4. The van der Waals surface area contributed by atoms with Gasteiger partial charge in [-0.2, -0.15) is 0 Å². The number of hydrogen-bond donors (Lipinski definition) is 2. The fourth-order valence-electron chi connectivity index (χ4n) is 3.80. The maximum Gasteiger partial charge on any atom is 0.326 e. The van der Waals surface area contributed by atoms with Crippen molar-refractivity contribution in [3.05, 3.63) is 34.2 Å². The quantitative estimate of drug-likeness (QED) is 0.866. The van der Waals surface area contributed by atoms with E-state index in [9.17, 15) is 19.5 Å². The Bertz CT molecular complexity index is 712. The highest BCUT2D eigenvalue weighted by atomic mass is 16.4. The van der Waals surface area contributed by atoms with E-state index in [1.54, 1.807) is 30.9 Å². The van der Waals surface area contributed by atoms with E-state index in [0.717, 1.165) is 12.1 Å². The summed E-state index contributed by atoms with van der Waals surface area (Å²) in [5.41, 5.74) is 0.973. The summed E-state index contributed by atoms with van der Waals surface area (Å²) in [6, 6.07) is 4.03. The van der Waals surface area contributed by atoms with Crippen LogP contribution in [-0.4, -0.2) is 45.7 Å². The number of likely N-dealkylation sites (tertiary alicyclic amines) is 1. The molecule has 1 aromatic heterocycles. The summed E-state index contributed by atoms with van der Waals surface area (Å²) in [6.45, 7) is 5.21. The number of amides is 2. The van der Waals surface area contributed by atoms with Gasteiger partial charge in [0.05, 0.1) is 0 Å². The van der Waals surface area contributed by atoms with Gasteiger partial charge in [-0.05, 0) is 24.3 Å². The van der Waals surface area contributed by atoms with E-state index in [2.05, 4.69) is 5.32 Å². The Morgan fingerprint density at radius 1 is 1.25 bits per heavy atom. The number of fused-ring (bicyclic) bond motifs is 4. The van der Waals surface area contributed by atoms with Gasteiger partial charge in [0.2, 0.25) is 0 Å². The monoisotopic (exact) mass is 333 g/mol. The van der Waals surface area contributed by atoms with Gasteiger partial charge in [0, 0.05) is 37.3 Å². The molecule has 2 N–H and O–H groups in total. The minimum absolute atomic E-state index is 0.00542. The third kappa shape index (κ3) is 3.02. The second-order valence-electron chi connectivity index (χ2n) is 7.11. The molecule has 2 bridgehead atoms. The lowest BCUT2D eigenvalue weighted by Crippen LogP contribution is -2.55. The molecule has 0 aliphatic carbocycles. The molecule has 24 heavy (non-hydrogen) atoms. The lowest BCUT2D eigenvalue weighted by Gasteiger charge is -2.43. The molecule has 0 spiro atoms.